The Morgan fingerprint density at radius 3 is 2.56 bits per heavy atom. The number of hydrogen-bond acceptors (Lipinski definition) is 9. The van der Waals surface area contributed by atoms with Crippen molar-refractivity contribution in [2.45, 2.75) is 31.6 Å². The Hall–Kier alpha value is -3.75. The first-order chi connectivity index (χ1) is 16.2. The summed E-state index contributed by atoms with van der Waals surface area (Å²) in [5.41, 5.74) is 1.18. The molecule has 0 aliphatic carbocycles. The molecule has 0 aliphatic heterocycles. The maximum atomic E-state index is 12.6. The van der Waals surface area contributed by atoms with E-state index >= 15 is 0 Å². The number of rotatable bonds is 9. The van der Waals surface area contributed by atoms with E-state index in [1.54, 1.807) is 12.1 Å². The third-order valence-electron chi connectivity index (χ3n) is 4.52. The molecule has 0 bridgehead atoms. The van der Waals surface area contributed by atoms with Gasteiger partial charge in [-0.05, 0) is 49.2 Å². The molecule has 0 fully saturated rings. The normalized spacial score (nSPS) is 11.5. The quantitative estimate of drug-likeness (QED) is 0.265. The van der Waals surface area contributed by atoms with E-state index in [9.17, 15) is 18.5 Å². The largest absolute Gasteiger partial charge is 0.493 e. The van der Waals surface area contributed by atoms with E-state index in [0.29, 0.717) is 10.7 Å². The smallest absolute Gasteiger partial charge is 0.339 e. The average molecular weight is 499 g/mol. The summed E-state index contributed by atoms with van der Waals surface area (Å²) in [4.78, 5) is 12.5. The summed E-state index contributed by atoms with van der Waals surface area (Å²) >= 11 is 1.25. The van der Waals surface area contributed by atoms with E-state index in [0.717, 1.165) is 23.4 Å². The Morgan fingerprint density at radius 2 is 1.91 bits per heavy atom. The van der Waals surface area contributed by atoms with E-state index in [4.69, 9.17) is 8.92 Å². The van der Waals surface area contributed by atoms with Gasteiger partial charge in [-0.1, -0.05) is 42.0 Å². The van der Waals surface area contributed by atoms with Crippen LogP contribution in [0, 0.1) is 18.3 Å². The summed E-state index contributed by atoms with van der Waals surface area (Å²) in [7, 11) is -2.72. The van der Waals surface area contributed by atoms with Crippen molar-refractivity contribution >= 4 is 38.6 Å². The van der Waals surface area contributed by atoms with Gasteiger partial charge in [0, 0.05) is 6.42 Å². The van der Waals surface area contributed by atoms with Crippen LogP contribution in [0.5, 0.6) is 11.5 Å². The molecule has 1 heterocycles. The van der Waals surface area contributed by atoms with Gasteiger partial charge in [0.1, 0.15) is 21.5 Å². The van der Waals surface area contributed by atoms with Crippen LogP contribution in [0.3, 0.4) is 0 Å². The zero-order chi connectivity index (χ0) is 24.7. The van der Waals surface area contributed by atoms with Crippen LogP contribution in [0.2, 0.25) is 0 Å². The minimum Gasteiger partial charge on any atom is -0.493 e. The van der Waals surface area contributed by atoms with Gasteiger partial charge in [0.25, 0.3) is 5.91 Å². The molecule has 0 spiro atoms. The second-order valence-electron chi connectivity index (χ2n) is 7.14. The van der Waals surface area contributed by atoms with Gasteiger partial charge in [0.05, 0.1) is 7.11 Å². The van der Waals surface area contributed by atoms with Crippen LogP contribution in [0.15, 0.2) is 52.9 Å². The minimum atomic E-state index is -4.08. The van der Waals surface area contributed by atoms with Crippen molar-refractivity contribution in [3.05, 3.63) is 64.2 Å². The van der Waals surface area contributed by atoms with Crippen LogP contribution in [-0.2, 0) is 21.3 Å². The Morgan fingerprint density at radius 1 is 1.18 bits per heavy atom. The molecular weight excluding hydrogens is 476 g/mol. The number of carbonyl (C=O) groups is 1. The first-order valence-corrected chi connectivity index (χ1v) is 12.4. The molecule has 9 nitrogen and oxygen atoms in total. The Bertz CT molecular complexity index is 1360. The van der Waals surface area contributed by atoms with Crippen LogP contribution < -0.4 is 14.2 Å². The Balaban J connectivity index is 1.80. The predicted molar refractivity (Wildman–Crippen MR) is 128 cm³/mol. The third-order valence-corrected chi connectivity index (χ3v) is 6.67. The predicted octanol–water partition coefficient (Wildman–Crippen LogP) is 4.12. The van der Waals surface area contributed by atoms with Gasteiger partial charge in [0.2, 0.25) is 5.13 Å². The molecular formula is C23H22N4O5S2. The van der Waals surface area contributed by atoms with Gasteiger partial charge in [0.15, 0.2) is 11.5 Å². The number of aryl methyl sites for hydroxylation is 2. The number of nitrogens with one attached hydrogen (secondary N) is 1. The number of nitriles is 1. The van der Waals surface area contributed by atoms with E-state index in [1.807, 2.05) is 19.9 Å². The fraction of sp³-hybridized carbons (Fsp3) is 0.217. The zero-order valence-corrected chi connectivity index (χ0v) is 20.4. The molecule has 3 rings (SSSR count). The molecule has 2 aromatic carbocycles. The summed E-state index contributed by atoms with van der Waals surface area (Å²) in [5.74, 6) is -0.543. The Labute approximate surface area is 201 Å². The SMILES string of the molecule is CCCc1nnc(NC(=O)/C(C#N)=C\c2ccc(OS(=O)(=O)c3ccc(C)cc3)c(OC)c2)s1. The van der Waals surface area contributed by atoms with E-state index in [-0.39, 0.29) is 22.0 Å². The topological polar surface area (TPSA) is 131 Å². The standard InChI is InChI=1S/C23H22N4O5S2/c1-4-5-21-26-27-23(33-21)25-22(28)17(14-24)12-16-8-11-19(20(13-16)31-3)32-34(29,30)18-9-6-15(2)7-10-18/h6-13H,4-5H2,1-3H3,(H,25,27,28)/b17-12-. The first-order valence-electron chi connectivity index (χ1n) is 10.2. The van der Waals surface area contributed by atoms with E-state index in [2.05, 4.69) is 15.5 Å². The molecule has 1 N–H and O–H groups in total. The maximum absolute atomic E-state index is 12.6. The first kappa shape index (κ1) is 24.9. The summed E-state index contributed by atoms with van der Waals surface area (Å²) in [6.07, 6.45) is 3.01. The van der Waals surface area contributed by atoms with Crippen LogP contribution in [0.1, 0.15) is 29.5 Å². The second kappa shape index (κ2) is 10.9. The lowest BCUT2D eigenvalue weighted by Crippen LogP contribution is -2.13. The monoisotopic (exact) mass is 498 g/mol. The van der Waals surface area contributed by atoms with Crippen molar-refractivity contribution < 1.29 is 22.1 Å². The van der Waals surface area contributed by atoms with Crippen LogP contribution in [0.25, 0.3) is 6.08 Å². The average Bonchev–Trinajstić information content (AvgIpc) is 3.25. The number of amides is 1. The number of anilines is 1. The van der Waals surface area contributed by atoms with Gasteiger partial charge in [-0.25, -0.2) is 0 Å². The van der Waals surface area contributed by atoms with Gasteiger partial charge in [-0.3, -0.25) is 10.1 Å². The molecule has 0 unspecified atom stereocenters. The summed E-state index contributed by atoms with van der Waals surface area (Å²) in [6.45, 7) is 3.86. The molecule has 0 aliphatic rings. The molecule has 0 saturated carbocycles. The highest BCUT2D eigenvalue weighted by molar-refractivity contribution is 7.87. The second-order valence-corrected chi connectivity index (χ2v) is 9.74. The van der Waals surface area contributed by atoms with Crippen LogP contribution >= 0.6 is 11.3 Å². The van der Waals surface area contributed by atoms with Gasteiger partial charge in [-0.15, -0.1) is 10.2 Å². The van der Waals surface area contributed by atoms with Crippen LogP contribution in [0.4, 0.5) is 5.13 Å². The minimum absolute atomic E-state index is 0.00586. The fourth-order valence-corrected chi connectivity index (χ4v) is 4.59. The lowest BCUT2D eigenvalue weighted by Gasteiger charge is -2.11. The number of carbonyl (C=O) groups excluding carboxylic acids is 1. The molecule has 0 saturated heterocycles. The summed E-state index contributed by atoms with van der Waals surface area (Å²) in [6, 6.07) is 12.5. The van der Waals surface area contributed by atoms with Crippen LogP contribution in [-0.4, -0.2) is 31.6 Å². The number of benzene rings is 2. The van der Waals surface area contributed by atoms with Crippen molar-refractivity contribution in [3.63, 3.8) is 0 Å². The van der Waals surface area contributed by atoms with Crippen molar-refractivity contribution in [1.29, 1.82) is 5.26 Å². The lowest BCUT2D eigenvalue weighted by atomic mass is 10.1. The number of methoxy groups -OCH3 is 1. The highest BCUT2D eigenvalue weighted by atomic mass is 32.2. The highest BCUT2D eigenvalue weighted by Crippen LogP contribution is 2.31. The van der Waals surface area contributed by atoms with E-state index < -0.39 is 16.0 Å². The number of nitrogens with zero attached hydrogens (tertiary/aromatic N) is 3. The van der Waals surface area contributed by atoms with Crippen molar-refractivity contribution in [3.8, 4) is 17.6 Å². The molecule has 1 amide bonds. The van der Waals surface area contributed by atoms with Crippen molar-refractivity contribution in [1.82, 2.24) is 10.2 Å². The summed E-state index contributed by atoms with van der Waals surface area (Å²) < 4.78 is 35.7. The highest BCUT2D eigenvalue weighted by Gasteiger charge is 2.20. The fourth-order valence-electron chi connectivity index (χ4n) is 2.81. The van der Waals surface area contributed by atoms with Gasteiger partial charge < -0.3 is 8.92 Å². The van der Waals surface area contributed by atoms with Crippen molar-refractivity contribution in [2.75, 3.05) is 12.4 Å². The Kier molecular flexibility index (Phi) is 7.99. The molecule has 0 atom stereocenters. The van der Waals surface area contributed by atoms with Gasteiger partial charge in [-0.2, -0.15) is 13.7 Å². The zero-order valence-electron chi connectivity index (χ0n) is 18.7. The third kappa shape index (κ3) is 6.18. The molecule has 3 aromatic rings. The molecule has 1 aromatic heterocycles. The number of aromatic nitrogens is 2. The molecule has 11 heteroatoms. The molecule has 0 radical (unpaired) electrons. The molecule has 176 valence electrons. The van der Waals surface area contributed by atoms with E-state index in [1.165, 1.54) is 54.9 Å². The summed E-state index contributed by atoms with van der Waals surface area (Å²) in [5, 5.41) is 21.0. The number of hydrogen-bond donors (Lipinski definition) is 1. The molecule has 34 heavy (non-hydrogen) atoms. The number of ether oxygens (including phenoxy) is 1. The maximum Gasteiger partial charge on any atom is 0.339 e. The van der Waals surface area contributed by atoms with Crippen molar-refractivity contribution in [2.24, 2.45) is 0 Å². The van der Waals surface area contributed by atoms with Gasteiger partial charge >= 0.3 is 10.1 Å². The lowest BCUT2D eigenvalue weighted by molar-refractivity contribution is -0.112.